The maximum Gasteiger partial charge on any atom is 0.253 e. The molecule has 1 N–H and O–H groups in total. The van der Waals surface area contributed by atoms with Crippen LogP contribution in [0.4, 0.5) is 0 Å². The molecule has 31 heavy (non-hydrogen) atoms. The van der Waals surface area contributed by atoms with Crippen LogP contribution in [-0.4, -0.2) is 27.4 Å². The Bertz CT molecular complexity index is 1170. The molecule has 0 unspecified atom stereocenters. The Morgan fingerprint density at radius 3 is 2.48 bits per heavy atom. The van der Waals surface area contributed by atoms with Crippen LogP contribution in [0.2, 0.25) is 0 Å². The van der Waals surface area contributed by atoms with Crippen molar-refractivity contribution in [2.24, 2.45) is 0 Å². The van der Waals surface area contributed by atoms with Crippen LogP contribution in [0.1, 0.15) is 33.0 Å². The lowest BCUT2D eigenvalue weighted by molar-refractivity contribution is 0.0949. The van der Waals surface area contributed by atoms with E-state index >= 15 is 0 Å². The standard InChI is InChI=1S/C25H26N4O2/c1-18-15-24(19(2)28(18)17-20-7-5-4-6-8-20)25(30)26-16-21-13-14-29(27-21)22-9-11-23(31-3)12-10-22/h4-15H,16-17H2,1-3H3,(H,26,30). The fraction of sp³-hybridized carbons (Fsp3) is 0.200. The molecule has 2 aromatic heterocycles. The molecule has 0 radical (unpaired) electrons. The summed E-state index contributed by atoms with van der Waals surface area (Å²) in [6, 6.07) is 21.8. The SMILES string of the molecule is COc1ccc(-n2ccc(CNC(=O)c3cc(C)n(Cc4ccccc4)c3C)n2)cc1. The van der Waals surface area contributed by atoms with Gasteiger partial charge in [-0.1, -0.05) is 30.3 Å². The minimum Gasteiger partial charge on any atom is -0.497 e. The van der Waals surface area contributed by atoms with Crippen LogP contribution in [0.25, 0.3) is 5.69 Å². The molecular weight excluding hydrogens is 388 g/mol. The number of nitrogens with zero attached hydrogens (tertiary/aromatic N) is 3. The van der Waals surface area contributed by atoms with E-state index < -0.39 is 0 Å². The largest absolute Gasteiger partial charge is 0.497 e. The normalized spacial score (nSPS) is 10.8. The second-order valence-electron chi connectivity index (χ2n) is 7.49. The van der Waals surface area contributed by atoms with Crippen molar-refractivity contribution in [3.05, 3.63) is 101 Å². The molecule has 0 spiro atoms. The first-order chi connectivity index (χ1) is 15.0. The van der Waals surface area contributed by atoms with Crippen molar-refractivity contribution < 1.29 is 9.53 Å². The molecule has 0 saturated heterocycles. The van der Waals surface area contributed by atoms with Crippen LogP contribution < -0.4 is 10.1 Å². The van der Waals surface area contributed by atoms with Crippen LogP contribution in [0, 0.1) is 13.8 Å². The van der Waals surface area contributed by atoms with Gasteiger partial charge in [-0.3, -0.25) is 4.79 Å². The Balaban J connectivity index is 1.42. The summed E-state index contributed by atoms with van der Waals surface area (Å²) in [5, 5.41) is 7.55. The summed E-state index contributed by atoms with van der Waals surface area (Å²) in [6.45, 7) is 5.13. The monoisotopic (exact) mass is 414 g/mol. The number of hydrogen-bond donors (Lipinski definition) is 1. The third-order valence-corrected chi connectivity index (χ3v) is 5.41. The molecule has 6 nitrogen and oxygen atoms in total. The predicted octanol–water partition coefficient (Wildman–Crippen LogP) is 4.28. The zero-order valence-corrected chi connectivity index (χ0v) is 18.0. The van der Waals surface area contributed by atoms with Crippen LogP contribution in [0.3, 0.4) is 0 Å². The first-order valence-corrected chi connectivity index (χ1v) is 10.2. The number of rotatable bonds is 7. The van der Waals surface area contributed by atoms with Gasteiger partial charge in [0.25, 0.3) is 5.91 Å². The van der Waals surface area contributed by atoms with E-state index in [1.165, 1.54) is 5.56 Å². The number of nitrogens with one attached hydrogen (secondary N) is 1. The molecule has 1 amide bonds. The fourth-order valence-electron chi connectivity index (χ4n) is 3.64. The lowest BCUT2D eigenvalue weighted by Crippen LogP contribution is -2.23. The number of benzene rings is 2. The second kappa shape index (κ2) is 8.92. The third kappa shape index (κ3) is 4.53. The van der Waals surface area contributed by atoms with Crippen molar-refractivity contribution in [2.45, 2.75) is 26.9 Å². The number of amides is 1. The van der Waals surface area contributed by atoms with Gasteiger partial charge in [-0.2, -0.15) is 5.10 Å². The van der Waals surface area contributed by atoms with Gasteiger partial charge in [0.05, 0.1) is 30.6 Å². The number of hydrogen-bond acceptors (Lipinski definition) is 3. The van der Waals surface area contributed by atoms with Crippen LogP contribution in [0.5, 0.6) is 5.75 Å². The Labute approximate surface area is 182 Å². The first-order valence-electron chi connectivity index (χ1n) is 10.2. The molecule has 0 aliphatic heterocycles. The highest BCUT2D eigenvalue weighted by molar-refractivity contribution is 5.95. The Hall–Kier alpha value is -3.80. The molecule has 2 aromatic carbocycles. The summed E-state index contributed by atoms with van der Waals surface area (Å²) in [4.78, 5) is 12.8. The summed E-state index contributed by atoms with van der Waals surface area (Å²) < 4.78 is 9.14. The summed E-state index contributed by atoms with van der Waals surface area (Å²) >= 11 is 0. The summed E-state index contributed by atoms with van der Waals surface area (Å²) in [7, 11) is 1.64. The lowest BCUT2D eigenvalue weighted by Gasteiger charge is -2.10. The van der Waals surface area contributed by atoms with Crippen molar-refractivity contribution in [1.82, 2.24) is 19.7 Å². The molecule has 6 heteroatoms. The maximum absolute atomic E-state index is 12.8. The third-order valence-electron chi connectivity index (χ3n) is 5.41. The van der Waals surface area contributed by atoms with Gasteiger partial charge in [-0.15, -0.1) is 0 Å². The lowest BCUT2D eigenvalue weighted by atomic mass is 10.2. The van der Waals surface area contributed by atoms with Crippen LogP contribution in [-0.2, 0) is 13.1 Å². The predicted molar refractivity (Wildman–Crippen MR) is 121 cm³/mol. The van der Waals surface area contributed by atoms with Gasteiger partial charge in [0.2, 0.25) is 0 Å². The van der Waals surface area contributed by atoms with Gasteiger partial charge in [0.1, 0.15) is 5.75 Å². The van der Waals surface area contributed by atoms with Crippen molar-refractivity contribution in [1.29, 1.82) is 0 Å². The van der Waals surface area contributed by atoms with Crippen molar-refractivity contribution in [2.75, 3.05) is 7.11 Å². The highest BCUT2D eigenvalue weighted by atomic mass is 16.5. The van der Waals surface area contributed by atoms with Crippen LogP contribution in [0.15, 0.2) is 72.9 Å². The zero-order chi connectivity index (χ0) is 21.8. The summed E-state index contributed by atoms with van der Waals surface area (Å²) in [6.07, 6.45) is 1.88. The smallest absolute Gasteiger partial charge is 0.253 e. The highest BCUT2D eigenvalue weighted by Crippen LogP contribution is 2.18. The van der Waals surface area contributed by atoms with E-state index in [0.717, 1.165) is 35.1 Å². The van der Waals surface area contributed by atoms with Crippen molar-refractivity contribution in [3.8, 4) is 11.4 Å². The maximum atomic E-state index is 12.8. The molecule has 0 aliphatic rings. The summed E-state index contributed by atoms with van der Waals surface area (Å²) in [5.74, 6) is 0.708. The fourth-order valence-corrected chi connectivity index (χ4v) is 3.64. The quantitative estimate of drug-likeness (QED) is 0.491. The van der Waals surface area contributed by atoms with Gasteiger partial charge in [-0.05, 0) is 55.8 Å². The minimum absolute atomic E-state index is 0.0913. The zero-order valence-electron chi connectivity index (χ0n) is 18.0. The molecule has 0 atom stereocenters. The second-order valence-corrected chi connectivity index (χ2v) is 7.49. The van der Waals surface area contributed by atoms with Gasteiger partial charge in [-0.25, -0.2) is 4.68 Å². The van der Waals surface area contributed by atoms with Crippen LogP contribution >= 0.6 is 0 Å². The van der Waals surface area contributed by atoms with Gasteiger partial charge < -0.3 is 14.6 Å². The van der Waals surface area contributed by atoms with Gasteiger partial charge >= 0.3 is 0 Å². The van der Waals surface area contributed by atoms with Gasteiger partial charge in [0.15, 0.2) is 0 Å². The minimum atomic E-state index is -0.0913. The molecule has 158 valence electrons. The van der Waals surface area contributed by atoms with E-state index in [4.69, 9.17) is 4.74 Å². The van der Waals surface area contributed by atoms with Crippen molar-refractivity contribution in [3.63, 3.8) is 0 Å². The number of carbonyl (C=O) groups excluding carboxylic acids is 1. The Morgan fingerprint density at radius 1 is 1.03 bits per heavy atom. The first kappa shape index (κ1) is 20.5. The van der Waals surface area contributed by atoms with E-state index in [2.05, 4.69) is 27.1 Å². The van der Waals surface area contributed by atoms with Gasteiger partial charge in [0, 0.05) is 24.1 Å². The molecular formula is C25H26N4O2. The molecule has 4 aromatic rings. The van der Waals surface area contributed by atoms with E-state index in [9.17, 15) is 4.79 Å². The number of methoxy groups -OCH3 is 1. The number of aryl methyl sites for hydroxylation is 1. The number of ether oxygens (including phenoxy) is 1. The highest BCUT2D eigenvalue weighted by Gasteiger charge is 2.16. The van der Waals surface area contributed by atoms with Crippen molar-refractivity contribution >= 4 is 5.91 Å². The molecule has 0 bridgehead atoms. The molecule has 2 heterocycles. The molecule has 0 fully saturated rings. The number of carbonyl (C=O) groups is 1. The van der Waals surface area contributed by atoms with E-state index in [0.29, 0.717) is 12.1 Å². The summed E-state index contributed by atoms with van der Waals surface area (Å²) in [5.41, 5.74) is 5.66. The van der Waals surface area contributed by atoms with E-state index in [1.807, 2.05) is 74.6 Å². The molecule has 0 aliphatic carbocycles. The van der Waals surface area contributed by atoms with E-state index in [-0.39, 0.29) is 5.91 Å². The average Bonchev–Trinajstić information content (AvgIpc) is 3.38. The molecule has 4 rings (SSSR count). The number of aromatic nitrogens is 3. The molecule has 0 saturated carbocycles. The Morgan fingerprint density at radius 2 is 1.77 bits per heavy atom. The average molecular weight is 415 g/mol. The topological polar surface area (TPSA) is 61.1 Å². The van der Waals surface area contributed by atoms with E-state index in [1.54, 1.807) is 11.8 Å². The Kier molecular flexibility index (Phi) is 5.89.